The summed E-state index contributed by atoms with van der Waals surface area (Å²) < 4.78 is 27.0. The summed E-state index contributed by atoms with van der Waals surface area (Å²) in [5, 5.41) is 9.34. The molecule has 0 spiro atoms. The number of hydrogen-bond acceptors (Lipinski definition) is 4. The summed E-state index contributed by atoms with van der Waals surface area (Å²) in [6.45, 7) is 3.04. The number of hydrogen-bond donors (Lipinski definition) is 2. The van der Waals surface area contributed by atoms with E-state index in [1.54, 1.807) is 0 Å². The minimum absolute atomic E-state index is 0.251. The first-order valence-corrected chi connectivity index (χ1v) is 11.1. The van der Waals surface area contributed by atoms with E-state index >= 15 is 0 Å². The Kier molecular flexibility index (Phi) is 6.87. The van der Waals surface area contributed by atoms with Crippen LogP contribution in [0.25, 0.3) is 0 Å². The molecule has 3 rings (SSSR count). The van der Waals surface area contributed by atoms with Gasteiger partial charge in [0.05, 0.1) is 5.75 Å². The van der Waals surface area contributed by atoms with Crippen molar-refractivity contribution in [2.45, 2.75) is 31.7 Å². The zero-order chi connectivity index (χ0) is 20.0. The third-order valence-corrected chi connectivity index (χ3v) is 7.00. The van der Waals surface area contributed by atoms with E-state index in [1.807, 2.05) is 35.8 Å². The van der Waals surface area contributed by atoms with Gasteiger partial charge in [0.25, 0.3) is 0 Å². The molecule has 0 radical (unpaired) electrons. The molecular formula is C22H26N2O3S. The van der Waals surface area contributed by atoms with Crippen LogP contribution in [0.1, 0.15) is 35.4 Å². The largest absolute Gasteiger partial charge is 0.316 e. The highest BCUT2D eigenvalue weighted by atomic mass is 32.2. The third kappa shape index (κ3) is 5.43. The molecule has 2 N–H and O–H groups in total. The minimum atomic E-state index is -3.50. The first kappa shape index (κ1) is 20.6. The van der Waals surface area contributed by atoms with Crippen molar-refractivity contribution in [3.05, 3.63) is 71.3 Å². The number of sulfonamides is 1. The molecule has 1 heterocycles. The summed E-state index contributed by atoms with van der Waals surface area (Å²) in [6, 6.07) is 16.9. The predicted octanol–water partition coefficient (Wildman–Crippen LogP) is 2.90. The molecule has 1 unspecified atom stereocenters. The number of benzene rings is 2. The second-order valence-electron chi connectivity index (χ2n) is 7.18. The standard InChI is InChI=1S/C22H26N2O3S/c1-18-7-10-20(11-8-18)21-13-15-24(16-14-21)28(26,27)17-22(23-25)12-9-19-5-3-2-4-6-19/h2-8,10-11,21-23,25H,13-17H2,1H3. The van der Waals surface area contributed by atoms with Crippen LogP contribution in [0.5, 0.6) is 0 Å². The summed E-state index contributed by atoms with van der Waals surface area (Å²) in [7, 11) is -3.50. The Balaban J connectivity index is 1.60. The molecule has 5 nitrogen and oxygen atoms in total. The lowest BCUT2D eigenvalue weighted by molar-refractivity contribution is 0.152. The molecule has 1 atom stereocenters. The first-order chi connectivity index (χ1) is 13.5. The van der Waals surface area contributed by atoms with Crippen molar-refractivity contribution in [1.29, 1.82) is 0 Å². The van der Waals surface area contributed by atoms with Crippen LogP contribution in [0.2, 0.25) is 0 Å². The lowest BCUT2D eigenvalue weighted by atomic mass is 9.90. The van der Waals surface area contributed by atoms with Gasteiger partial charge in [-0.3, -0.25) is 0 Å². The quantitative estimate of drug-likeness (QED) is 0.600. The third-order valence-electron chi connectivity index (χ3n) is 5.09. The van der Waals surface area contributed by atoms with Gasteiger partial charge in [-0.05, 0) is 43.4 Å². The van der Waals surface area contributed by atoms with Gasteiger partial charge in [0.1, 0.15) is 6.04 Å². The maximum atomic E-state index is 12.8. The zero-order valence-corrected chi connectivity index (χ0v) is 16.8. The Labute approximate surface area is 167 Å². The van der Waals surface area contributed by atoms with E-state index in [0.29, 0.717) is 19.0 Å². The van der Waals surface area contributed by atoms with Crippen LogP contribution in [0, 0.1) is 18.8 Å². The molecular weight excluding hydrogens is 372 g/mol. The molecule has 28 heavy (non-hydrogen) atoms. The molecule has 1 aliphatic heterocycles. The van der Waals surface area contributed by atoms with Crippen molar-refractivity contribution in [3.8, 4) is 11.8 Å². The van der Waals surface area contributed by atoms with Crippen LogP contribution in [-0.4, -0.2) is 42.8 Å². The molecule has 0 aliphatic carbocycles. The average Bonchev–Trinajstić information content (AvgIpc) is 2.72. The highest BCUT2D eigenvalue weighted by molar-refractivity contribution is 7.89. The topological polar surface area (TPSA) is 69.6 Å². The molecule has 1 fully saturated rings. The van der Waals surface area contributed by atoms with E-state index in [1.165, 1.54) is 15.4 Å². The van der Waals surface area contributed by atoms with Crippen molar-refractivity contribution in [2.75, 3.05) is 18.8 Å². The molecule has 0 saturated carbocycles. The summed E-state index contributed by atoms with van der Waals surface area (Å²) in [5.74, 6) is 5.84. The second-order valence-corrected chi connectivity index (χ2v) is 9.19. The van der Waals surface area contributed by atoms with Crippen LogP contribution in [0.3, 0.4) is 0 Å². The highest BCUT2D eigenvalue weighted by Crippen LogP contribution is 2.29. The van der Waals surface area contributed by atoms with Crippen LogP contribution >= 0.6 is 0 Å². The fourth-order valence-corrected chi connectivity index (χ4v) is 4.98. The number of nitrogens with zero attached hydrogens (tertiary/aromatic N) is 1. The Hall–Kier alpha value is -2.17. The van der Waals surface area contributed by atoms with Crippen LogP contribution in [-0.2, 0) is 10.0 Å². The molecule has 1 saturated heterocycles. The number of hydroxylamine groups is 1. The van der Waals surface area contributed by atoms with E-state index in [4.69, 9.17) is 0 Å². The van der Waals surface area contributed by atoms with E-state index in [9.17, 15) is 13.6 Å². The summed E-state index contributed by atoms with van der Waals surface area (Å²) >= 11 is 0. The number of aryl methyl sites for hydroxylation is 1. The van der Waals surface area contributed by atoms with E-state index in [2.05, 4.69) is 43.0 Å². The first-order valence-electron chi connectivity index (χ1n) is 9.48. The molecule has 6 heteroatoms. The van der Waals surface area contributed by atoms with Gasteiger partial charge >= 0.3 is 0 Å². The molecule has 1 aliphatic rings. The van der Waals surface area contributed by atoms with Crippen LogP contribution in [0.4, 0.5) is 0 Å². The van der Waals surface area contributed by atoms with Crippen molar-refractivity contribution in [3.63, 3.8) is 0 Å². The Bertz CT molecular complexity index is 923. The number of piperidine rings is 1. The number of nitrogens with one attached hydrogen (secondary N) is 1. The molecule has 2 aromatic carbocycles. The second kappa shape index (κ2) is 9.35. The van der Waals surface area contributed by atoms with Crippen molar-refractivity contribution in [1.82, 2.24) is 9.79 Å². The molecule has 0 bridgehead atoms. The molecule has 2 aromatic rings. The van der Waals surface area contributed by atoms with Gasteiger partial charge in [0, 0.05) is 18.7 Å². The summed E-state index contributed by atoms with van der Waals surface area (Å²) in [6.07, 6.45) is 1.60. The monoisotopic (exact) mass is 398 g/mol. The van der Waals surface area contributed by atoms with Gasteiger partial charge in [-0.25, -0.2) is 12.7 Å². The minimum Gasteiger partial charge on any atom is -0.316 e. The van der Waals surface area contributed by atoms with Crippen molar-refractivity contribution in [2.24, 2.45) is 0 Å². The van der Waals surface area contributed by atoms with Gasteiger partial charge in [0.2, 0.25) is 10.0 Å². The predicted molar refractivity (Wildman–Crippen MR) is 111 cm³/mol. The van der Waals surface area contributed by atoms with Gasteiger partial charge in [-0.15, -0.1) is 0 Å². The van der Waals surface area contributed by atoms with Crippen LogP contribution in [0.15, 0.2) is 54.6 Å². The fraction of sp³-hybridized carbons (Fsp3) is 0.364. The van der Waals surface area contributed by atoms with Gasteiger partial charge in [0.15, 0.2) is 0 Å². The Morgan fingerprint density at radius 3 is 2.36 bits per heavy atom. The average molecular weight is 399 g/mol. The smallest absolute Gasteiger partial charge is 0.216 e. The molecule has 148 valence electrons. The SMILES string of the molecule is Cc1ccc(C2CCN(S(=O)(=O)CC(C#Cc3ccccc3)NO)CC2)cc1. The van der Waals surface area contributed by atoms with E-state index in [0.717, 1.165) is 18.4 Å². The zero-order valence-electron chi connectivity index (χ0n) is 16.0. The van der Waals surface area contributed by atoms with Gasteiger partial charge in [-0.1, -0.05) is 59.9 Å². The molecule has 0 aromatic heterocycles. The van der Waals surface area contributed by atoms with Gasteiger partial charge in [-0.2, -0.15) is 5.48 Å². The summed E-state index contributed by atoms with van der Waals surface area (Å²) in [5.41, 5.74) is 5.30. The lowest BCUT2D eigenvalue weighted by Crippen LogP contribution is -2.43. The van der Waals surface area contributed by atoms with Gasteiger partial charge < -0.3 is 5.21 Å². The Morgan fingerprint density at radius 2 is 1.75 bits per heavy atom. The van der Waals surface area contributed by atoms with E-state index < -0.39 is 16.1 Å². The Morgan fingerprint density at radius 1 is 1.11 bits per heavy atom. The van der Waals surface area contributed by atoms with E-state index in [-0.39, 0.29) is 5.75 Å². The number of rotatable bonds is 5. The highest BCUT2D eigenvalue weighted by Gasteiger charge is 2.30. The normalized spacial score (nSPS) is 16.9. The summed E-state index contributed by atoms with van der Waals surface area (Å²) in [4.78, 5) is 0. The lowest BCUT2D eigenvalue weighted by Gasteiger charge is -2.32. The maximum absolute atomic E-state index is 12.8. The van der Waals surface area contributed by atoms with Crippen LogP contribution < -0.4 is 5.48 Å². The van der Waals surface area contributed by atoms with Crippen molar-refractivity contribution >= 4 is 10.0 Å². The maximum Gasteiger partial charge on any atom is 0.216 e. The fourth-order valence-electron chi connectivity index (χ4n) is 3.43. The molecule has 0 amide bonds. The van der Waals surface area contributed by atoms with Crippen molar-refractivity contribution < 1.29 is 13.6 Å².